The normalized spacial score (nSPS) is 17.7. The van der Waals surface area contributed by atoms with Crippen LogP contribution in [0.2, 0.25) is 0 Å². The minimum Gasteiger partial charge on any atom is -0.587 e. The Bertz CT molecular complexity index is 4780. The number of nitrogen functional groups attached to an aromatic ring is 1. The molecule has 8 aromatic carbocycles. The third kappa shape index (κ3) is 31.3. The number of carbonyl (C=O) groups excluding carboxylic acids is 11. The molecule has 6 fully saturated rings. The summed E-state index contributed by atoms with van der Waals surface area (Å²) >= 11 is 7.36. The van der Waals surface area contributed by atoms with Gasteiger partial charge in [-0.3, -0.25) is 48.5 Å². The van der Waals surface area contributed by atoms with Crippen molar-refractivity contribution in [2.45, 2.75) is 83.4 Å². The van der Waals surface area contributed by atoms with Crippen LogP contribution in [0.5, 0.6) is 0 Å². The Morgan fingerprint density at radius 1 is 0.508 bits per heavy atom. The molecule has 8 aliphatic heterocycles. The van der Waals surface area contributed by atoms with Crippen LogP contribution < -0.4 is 88.1 Å². The zero-order chi connectivity index (χ0) is 88.7. The number of aliphatic hydroxyl groups excluding tert-OH is 2. The van der Waals surface area contributed by atoms with Gasteiger partial charge in [-0.15, -0.1) is 5.59 Å². The van der Waals surface area contributed by atoms with Crippen molar-refractivity contribution in [3.8, 4) is 0 Å². The SMILES string of the molecule is CCCC(=O)OC[C@H]1CO1.CC[C@H]1CN(c2ccc(I)c(F)c2)C(=O)O1.Cc1cccc(F)c1.NNO.Nc1cccc(F)c1.O=C1CCC(=O)N1I.O=C1O[C@@H](CO)CN1c1ccc(I)c(F)c1.O=C1O[C@@H](CO)CN1c1cccc(F)c1.O=C1[N-]C(=O)c2ccccc21.O=C1c2ccccc2C(=O)N1C[C@H]1CN(c2ccc(I)c(F)c2)C(=O)O1.[K+]. The standard InChI is InChI=1S/C18H12FIN2O4.C11H11FINO2.C10H9FINO3.C10H10FNO3.C8H5NO2.C7H7F.C7H12O3.C6H6FN.C4H4INO2.K.H4N2O/c19-14-7-10(5-6-15(14)20)21-8-11(26-18(21)25)9-22-16(23)12-3-1-2-4-13(12)17(22)24;1-2-8-6-14(11(15)16-8)7-3-4-10(13)9(12)5-7;11-8-3-6(1-2-9(8)12)13-4-7(5-14)16-10(13)15;11-7-2-1-3-8(4-7)12-5-9(6-13)15-10(12)14;10-7-5-3-1-2-4-6(5)8(11)9-7;1-6-3-2-4-7(8)5-6;1-2-3-7(8)10-5-6-4-9-6;7-5-2-1-3-6(8)4-5;5-6-3(7)1-2-4(6)8;;1-2-3/h1-7,11H,8-9H2;3-5,8H,2,6H2,1H3;1-3,7,14H,4-5H2;1-4,9,13H,5-6H2;1-4H,(H,9,10,11);2-5H,1H3;6H,2-5H2,1H3;1-4H,8H2;1-2H2;;2-3H,1H2/q;;;;;;;;;+1;/p-1/t11-;8-;7-;9-;;;6-;;;;/m1011..1..../s1. The molecule has 0 saturated carbocycles. The Kier molecular flexibility index (Phi) is 42.7. The van der Waals surface area contributed by atoms with Crippen LogP contribution in [0, 0.1) is 52.5 Å². The third-order valence-corrected chi connectivity index (χ3v) is 20.8. The largest absolute Gasteiger partial charge is 1.00 e. The summed E-state index contributed by atoms with van der Waals surface area (Å²) in [5.41, 5.74) is 11.2. The molecule has 122 heavy (non-hydrogen) atoms. The molecule has 0 unspecified atom stereocenters. The maximum atomic E-state index is 13.8. The van der Waals surface area contributed by atoms with Gasteiger partial charge in [-0.25, -0.2) is 54.5 Å². The van der Waals surface area contributed by atoms with E-state index in [1.807, 2.05) is 94.6 Å². The number of aryl methyl sites for hydroxylation is 1. The molecule has 30 nitrogen and oxygen atoms in total. The van der Waals surface area contributed by atoms with Crippen molar-refractivity contribution in [3.05, 3.63) is 255 Å². The number of hydrogen-bond donors (Lipinski definition) is 6. The molecule has 41 heteroatoms. The number of rotatable bonds is 13. The first-order valence-electron chi connectivity index (χ1n) is 36.4. The molecule has 0 radical (unpaired) electrons. The molecule has 10 amide bonds. The number of hydrogen-bond acceptors (Lipinski definition) is 23. The summed E-state index contributed by atoms with van der Waals surface area (Å²) < 4.78 is 110. The van der Waals surface area contributed by atoms with E-state index in [2.05, 4.69) is 11.2 Å². The number of esters is 1. The number of hydrazine groups is 1. The zero-order valence-corrected chi connectivity index (χ0v) is 77.1. The number of cyclic esters (lactones) is 4. The van der Waals surface area contributed by atoms with Crippen LogP contribution in [0.15, 0.2) is 176 Å². The van der Waals surface area contributed by atoms with Crippen LogP contribution in [0.3, 0.4) is 0 Å². The van der Waals surface area contributed by atoms with Crippen LogP contribution in [0.25, 0.3) is 5.32 Å². The Labute approximate surface area is 792 Å². The molecular weight excluding hydrogens is 2090 g/mol. The van der Waals surface area contributed by atoms with Gasteiger partial charge in [0.2, 0.25) is 11.8 Å². The summed E-state index contributed by atoms with van der Waals surface area (Å²) in [6.07, 6.45) is -0.840. The second-order valence-electron chi connectivity index (χ2n) is 26.0. The van der Waals surface area contributed by atoms with Crippen LogP contribution in [0.1, 0.15) is 92.9 Å². The van der Waals surface area contributed by atoms with Gasteiger partial charge in [-0.1, -0.05) is 74.5 Å². The van der Waals surface area contributed by atoms with E-state index in [-0.39, 0.29) is 144 Å². The topological polar surface area (TPSA) is 405 Å². The number of anilines is 5. The first kappa shape index (κ1) is 102. The molecular formula is C81H79F6I4KN10O20. The quantitative estimate of drug-likeness (QED) is 0.00534. The van der Waals surface area contributed by atoms with Crippen molar-refractivity contribution >= 4 is 185 Å². The predicted octanol–water partition coefficient (Wildman–Crippen LogP) is 11.1. The maximum absolute atomic E-state index is 13.8. The minimum atomic E-state index is -0.674. The van der Waals surface area contributed by atoms with Gasteiger partial charge < -0.3 is 64.5 Å². The zero-order valence-electron chi connectivity index (χ0n) is 65.4. The van der Waals surface area contributed by atoms with E-state index < -0.39 is 77.9 Å². The van der Waals surface area contributed by atoms with Crippen molar-refractivity contribution in [3.63, 3.8) is 0 Å². The van der Waals surface area contributed by atoms with Crippen molar-refractivity contribution < 1.29 is 174 Å². The number of halogens is 10. The Morgan fingerprint density at radius 3 is 1.20 bits per heavy atom. The maximum Gasteiger partial charge on any atom is 1.00 e. The summed E-state index contributed by atoms with van der Waals surface area (Å²) in [5.74, 6) is 0.257. The molecule has 6 saturated heterocycles. The molecule has 0 aliphatic carbocycles. The molecule has 8 aliphatic rings. The van der Waals surface area contributed by atoms with Gasteiger partial charge in [0.1, 0.15) is 72.0 Å². The summed E-state index contributed by atoms with van der Waals surface area (Å²) in [6.45, 7) is 7.59. The number of ether oxygens (including phenoxy) is 6. The number of amides is 10. The molecule has 0 aromatic heterocycles. The van der Waals surface area contributed by atoms with E-state index in [0.717, 1.165) is 33.0 Å². The Balaban J connectivity index is 0.000000217. The molecule has 8 heterocycles. The van der Waals surface area contributed by atoms with Gasteiger partial charge in [0.05, 0.1) is 121 Å². The summed E-state index contributed by atoms with van der Waals surface area (Å²) in [4.78, 5) is 131. The van der Waals surface area contributed by atoms with Crippen molar-refractivity contribution in [1.29, 1.82) is 0 Å². The molecule has 8 aromatic rings. The monoisotopic (exact) mass is 2170 g/mol. The van der Waals surface area contributed by atoms with Gasteiger partial charge in [0.15, 0.2) is 0 Å². The van der Waals surface area contributed by atoms with Crippen LogP contribution >= 0.6 is 90.6 Å². The average Bonchev–Trinajstić information content (AvgIpc) is 1.63. The Morgan fingerprint density at radius 2 is 0.877 bits per heavy atom. The number of carbonyl (C=O) groups is 11. The van der Waals surface area contributed by atoms with E-state index in [1.54, 1.807) is 132 Å². The first-order chi connectivity index (χ1) is 57.7. The van der Waals surface area contributed by atoms with E-state index in [4.69, 9.17) is 49.6 Å². The smallest absolute Gasteiger partial charge is 0.587 e. The minimum absolute atomic E-state index is 0. The summed E-state index contributed by atoms with van der Waals surface area (Å²) in [7, 11) is 0. The molecule has 0 bridgehead atoms. The first-order valence-corrected chi connectivity index (χ1v) is 40.6. The molecule has 5 atom stereocenters. The van der Waals surface area contributed by atoms with Crippen molar-refractivity contribution in [2.75, 3.05) is 84.5 Å². The number of benzene rings is 8. The Hall–Kier alpha value is -8.57. The summed E-state index contributed by atoms with van der Waals surface area (Å²) in [5, 5.41) is 28.1. The number of epoxide rings is 1. The average molecular weight is 2170 g/mol. The van der Waals surface area contributed by atoms with Gasteiger partial charge in [0.25, 0.3) is 11.8 Å². The number of nitrogens with zero attached hydrogens (tertiary/aromatic N) is 7. The van der Waals surface area contributed by atoms with E-state index >= 15 is 0 Å². The van der Waals surface area contributed by atoms with Crippen LogP contribution in [0.4, 0.5) is 74.0 Å². The predicted molar refractivity (Wildman–Crippen MR) is 461 cm³/mol. The van der Waals surface area contributed by atoms with Gasteiger partial charge in [-0.05, 0) is 208 Å². The van der Waals surface area contributed by atoms with E-state index in [1.165, 1.54) is 85.9 Å². The van der Waals surface area contributed by atoms with Crippen molar-refractivity contribution in [2.24, 2.45) is 5.84 Å². The van der Waals surface area contributed by atoms with Crippen molar-refractivity contribution in [1.82, 2.24) is 13.6 Å². The number of nitrogens with one attached hydrogen (secondary N) is 1. The fourth-order valence-corrected chi connectivity index (χ4v) is 12.5. The van der Waals surface area contributed by atoms with E-state index in [0.29, 0.717) is 93.8 Å². The number of imide groups is 3. The molecule has 0 spiro atoms. The second kappa shape index (κ2) is 51.0. The van der Waals surface area contributed by atoms with Gasteiger partial charge in [0, 0.05) is 46.8 Å². The molecule has 8 N–H and O–H groups in total. The fraction of sp³-hybridized carbons (Fsp3) is 0.272. The second-order valence-corrected chi connectivity index (χ2v) is 30.4. The van der Waals surface area contributed by atoms with Gasteiger partial charge >= 0.3 is 81.7 Å². The number of fused-ring (bicyclic) bond motifs is 2. The van der Waals surface area contributed by atoms with Crippen LogP contribution in [-0.4, -0.2) is 179 Å². The van der Waals surface area contributed by atoms with E-state index in [9.17, 15) is 79.1 Å². The van der Waals surface area contributed by atoms with Crippen LogP contribution in [-0.2, 0) is 42.8 Å². The molecule has 16 rings (SSSR count). The third-order valence-electron chi connectivity index (χ3n) is 17.1. The number of aliphatic hydroxyl groups is 2. The van der Waals surface area contributed by atoms with Gasteiger partial charge in [-0.2, -0.15) is 0 Å². The molecule has 644 valence electrons. The number of nitrogens with two attached hydrogens (primary N) is 2. The fourth-order valence-electron chi connectivity index (χ4n) is 11.0. The summed E-state index contributed by atoms with van der Waals surface area (Å²) in [6, 6.07) is 44.9.